The number of hydrogen-bond donors (Lipinski definition) is 1. The zero-order valence-electron chi connectivity index (χ0n) is 13.1. The van der Waals surface area contributed by atoms with Gasteiger partial charge in [-0.25, -0.2) is 0 Å². The molecule has 1 aromatic carbocycles. The first-order valence-electron chi connectivity index (χ1n) is 8.18. The van der Waals surface area contributed by atoms with Crippen LogP contribution in [0, 0.1) is 17.2 Å². The Kier molecular flexibility index (Phi) is 6.72. The highest BCUT2D eigenvalue weighted by Gasteiger charge is 2.26. The molecule has 1 aromatic rings. The molecule has 2 atom stereocenters. The normalized spacial score (nSPS) is 22.9. The van der Waals surface area contributed by atoms with E-state index in [-0.39, 0.29) is 0 Å². The number of nitrogens with one attached hydrogen (secondary N) is 1. The number of benzene rings is 1. The fourth-order valence-electron chi connectivity index (χ4n) is 3.24. The van der Waals surface area contributed by atoms with Gasteiger partial charge in [0.25, 0.3) is 0 Å². The van der Waals surface area contributed by atoms with E-state index in [1.807, 2.05) is 0 Å². The maximum Gasteiger partial charge on any atom is 0.0866 e. The summed E-state index contributed by atoms with van der Waals surface area (Å²) >= 11 is 0. The first-order valence-corrected chi connectivity index (χ1v) is 8.18. The molecule has 0 aliphatic carbocycles. The molecule has 0 amide bonds. The average Bonchev–Trinajstić information content (AvgIpc) is 2.52. The fraction of sp³-hybridized carbons (Fsp3) is 0.611. The maximum absolute atomic E-state index is 8.96. The van der Waals surface area contributed by atoms with Crippen LogP contribution in [0.1, 0.15) is 38.2 Å². The molecule has 1 aliphatic rings. The Morgan fingerprint density at radius 2 is 2.10 bits per heavy atom. The van der Waals surface area contributed by atoms with Gasteiger partial charge < -0.3 is 5.32 Å². The van der Waals surface area contributed by atoms with Gasteiger partial charge in [0.1, 0.15) is 0 Å². The van der Waals surface area contributed by atoms with Crippen LogP contribution < -0.4 is 5.32 Å². The smallest absolute Gasteiger partial charge is 0.0866 e. The van der Waals surface area contributed by atoms with Gasteiger partial charge >= 0.3 is 0 Å². The third kappa shape index (κ3) is 5.49. The van der Waals surface area contributed by atoms with Crippen LogP contribution in [0.15, 0.2) is 30.3 Å². The number of nitriles is 1. The molecule has 114 valence electrons. The summed E-state index contributed by atoms with van der Waals surface area (Å²) in [5.41, 5.74) is 1.33. The molecular weight excluding hydrogens is 258 g/mol. The van der Waals surface area contributed by atoms with Crippen LogP contribution >= 0.6 is 0 Å². The van der Waals surface area contributed by atoms with E-state index in [9.17, 15) is 0 Å². The minimum Gasteiger partial charge on any atom is -0.309 e. The molecule has 0 bridgehead atoms. The first kappa shape index (κ1) is 16.0. The largest absolute Gasteiger partial charge is 0.309 e. The summed E-state index contributed by atoms with van der Waals surface area (Å²) in [6.07, 6.45) is 5.10. The van der Waals surface area contributed by atoms with Crippen molar-refractivity contribution in [2.24, 2.45) is 5.92 Å². The Morgan fingerprint density at radius 3 is 2.81 bits per heavy atom. The van der Waals surface area contributed by atoms with E-state index in [4.69, 9.17) is 5.26 Å². The van der Waals surface area contributed by atoms with Gasteiger partial charge in [0.2, 0.25) is 0 Å². The van der Waals surface area contributed by atoms with Gasteiger partial charge in [0, 0.05) is 25.7 Å². The van der Waals surface area contributed by atoms with E-state index in [0.717, 1.165) is 25.6 Å². The molecule has 2 rings (SSSR count). The van der Waals surface area contributed by atoms with Crippen LogP contribution in [-0.2, 0) is 6.54 Å². The highest BCUT2D eigenvalue weighted by molar-refractivity contribution is 5.14. The Morgan fingerprint density at radius 1 is 1.29 bits per heavy atom. The second-order valence-electron chi connectivity index (χ2n) is 6.16. The van der Waals surface area contributed by atoms with Crippen LogP contribution in [-0.4, -0.2) is 30.6 Å². The van der Waals surface area contributed by atoms with E-state index in [1.165, 1.54) is 31.2 Å². The van der Waals surface area contributed by atoms with Crippen molar-refractivity contribution in [3.05, 3.63) is 35.9 Å². The van der Waals surface area contributed by atoms with E-state index >= 15 is 0 Å². The standard InChI is InChI=1S/C18H27N3/c1-2-3-7-17-12-18(15-21(14-17)11-10-19)20-13-16-8-5-4-6-9-16/h4-6,8-9,17-18,20H,2-3,7,11-15H2,1H3. The van der Waals surface area contributed by atoms with Crippen molar-refractivity contribution in [3.8, 4) is 6.07 Å². The summed E-state index contributed by atoms with van der Waals surface area (Å²) in [5.74, 6) is 0.736. The van der Waals surface area contributed by atoms with Crippen molar-refractivity contribution >= 4 is 0 Å². The highest BCUT2D eigenvalue weighted by Crippen LogP contribution is 2.22. The number of unbranched alkanes of at least 4 members (excludes halogenated alkanes) is 1. The number of nitrogens with zero attached hydrogens (tertiary/aromatic N) is 2. The number of piperidine rings is 1. The molecule has 0 radical (unpaired) electrons. The minimum absolute atomic E-state index is 0.508. The van der Waals surface area contributed by atoms with Crippen molar-refractivity contribution in [2.75, 3.05) is 19.6 Å². The van der Waals surface area contributed by atoms with Crippen molar-refractivity contribution in [3.63, 3.8) is 0 Å². The van der Waals surface area contributed by atoms with E-state index < -0.39 is 0 Å². The SMILES string of the molecule is CCCCC1CC(NCc2ccccc2)CN(CC#N)C1. The minimum atomic E-state index is 0.508. The van der Waals surface area contributed by atoms with Gasteiger partial charge in [0.15, 0.2) is 0 Å². The lowest BCUT2D eigenvalue weighted by atomic mass is 9.90. The molecule has 0 spiro atoms. The van der Waals surface area contributed by atoms with Crippen molar-refractivity contribution in [1.82, 2.24) is 10.2 Å². The predicted molar refractivity (Wildman–Crippen MR) is 86.8 cm³/mol. The topological polar surface area (TPSA) is 39.1 Å². The summed E-state index contributed by atoms with van der Waals surface area (Å²) < 4.78 is 0. The van der Waals surface area contributed by atoms with Crippen LogP contribution in [0.25, 0.3) is 0 Å². The summed E-state index contributed by atoms with van der Waals surface area (Å²) in [4.78, 5) is 2.31. The molecule has 21 heavy (non-hydrogen) atoms. The molecule has 1 N–H and O–H groups in total. The van der Waals surface area contributed by atoms with Crippen LogP contribution in [0.5, 0.6) is 0 Å². The molecule has 0 aromatic heterocycles. The van der Waals surface area contributed by atoms with Gasteiger partial charge in [-0.15, -0.1) is 0 Å². The molecule has 1 aliphatic heterocycles. The Hall–Kier alpha value is -1.37. The maximum atomic E-state index is 8.96. The van der Waals surface area contributed by atoms with Gasteiger partial charge in [-0.2, -0.15) is 5.26 Å². The van der Waals surface area contributed by atoms with Crippen molar-refractivity contribution < 1.29 is 0 Å². The predicted octanol–water partition coefficient (Wildman–Crippen LogP) is 3.18. The van der Waals surface area contributed by atoms with Gasteiger partial charge in [0.05, 0.1) is 12.6 Å². The lowest BCUT2D eigenvalue weighted by Gasteiger charge is -2.37. The summed E-state index contributed by atoms with van der Waals surface area (Å²) in [7, 11) is 0. The zero-order valence-corrected chi connectivity index (χ0v) is 13.1. The lowest BCUT2D eigenvalue weighted by Crippen LogP contribution is -2.49. The molecule has 2 unspecified atom stereocenters. The quantitative estimate of drug-likeness (QED) is 0.782. The molecular formula is C18H27N3. The first-order chi connectivity index (χ1) is 10.3. The molecule has 3 heteroatoms. The summed E-state index contributed by atoms with van der Waals surface area (Å²) in [6, 6.07) is 13.4. The second-order valence-corrected chi connectivity index (χ2v) is 6.16. The zero-order chi connectivity index (χ0) is 14.9. The molecule has 1 fully saturated rings. The fourth-order valence-corrected chi connectivity index (χ4v) is 3.24. The monoisotopic (exact) mass is 285 g/mol. The molecule has 3 nitrogen and oxygen atoms in total. The average molecular weight is 285 g/mol. The van der Waals surface area contributed by atoms with Gasteiger partial charge in [-0.3, -0.25) is 4.90 Å². The van der Waals surface area contributed by atoms with Crippen LogP contribution in [0.3, 0.4) is 0 Å². The van der Waals surface area contributed by atoms with Crippen LogP contribution in [0.4, 0.5) is 0 Å². The third-order valence-electron chi connectivity index (χ3n) is 4.31. The van der Waals surface area contributed by atoms with E-state index in [2.05, 4.69) is 53.5 Å². The van der Waals surface area contributed by atoms with E-state index in [0.29, 0.717) is 12.6 Å². The molecule has 1 saturated heterocycles. The molecule has 0 saturated carbocycles. The van der Waals surface area contributed by atoms with Crippen LogP contribution in [0.2, 0.25) is 0 Å². The number of likely N-dealkylation sites (tertiary alicyclic amines) is 1. The Labute approximate surface area is 129 Å². The highest BCUT2D eigenvalue weighted by atomic mass is 15.2. The Balaban J connectivity index is 1.86. The summed E-state index contributed by atoms with van der Waals surface area (Å²) in [5, 5.41) is 12.6. The second kappa shape index (κ2) is 8.81. The number of hydrogen-bond acceptors (Lipinski definition) is 3. The summed E-state index contributed by atoms with van der Waals surface area (Å²) in [6.45, 7) is 5.83. The van der Waals surface area contributed by atoms with E-state index in [1.54, 1.807) is 0 Å². The molecule has 1 heterocycles. The van der Waals surface area contributed by atoms with Gasteiger partial charge in [-0.05, 0) is 24.3 Å². The van der Waals surface area contributed by atoms with Crippen molar-refractivity contribution in [2.45, 2.75) is 45.2 Å². The van der Waals surface area contributed by atoms with Gasteiger partial charge in [-0.1, -0.05) is 50.1 Å². The lowest BCUT2D eigenvalue weighted by molar-refractivity contribution is 0.147. The number of rotatable bonds is 7. The Bertz CT molecular complexity index is 438. The third-order valence-corrected chi connectivity index (χ3v) is 4.31. The van der Waals surface area contributed by atoms with Crippen molar-refractivity contribution in [1.29, 1.82) is 5.26 Å².